The second-order valence-electron chi connectivity index (χ2n) is 4.66. The van der Waals surface area contributed by atoms with Crippen LogP contribution in [0.2, 0.25) is 0 Å². The second-order valence-corrected chi connectivity index (χ2v) is 7.46. The number of hydrogen-bond acceptors (Lipinski definition) is 3. The van der Waals surface area contributed by atoms with Crippen LogP contribution in [0.4, 0.5) is 0 Å². The Labute approximate surface area is 116 Å². The molecule has 1 aliphatic heterocycles. The molecular formula is C12H17BrN2O2S. The number of nitrogens with zero attached hydrogens (tertiary/aromatic N) is 1. The molecule has 0 radical (unpaired) electrons. The van der Waals surface area contributed by atoms with Crippen molar-refractivity contribution in [2.75, 3.05) is 19.6 Å². The Kier molecular flexibility index (Phi) is 4.11. The molecule has 1 heterocycles. The van der Waals surface area contributed by atoms with E-state index in [2.05, 4.69) is 15.9 Å². The lowest BCUT2D eigenvalue weighted by Gasteiger charge is -2.17. The van der Waals surface area contributed by atoms with Gasteiger partial charge in [-0.25, -0.2) is 8.42 Å². The third-order valence-electron chi connectivity index (χ3n) is 3.35. The summed E-state index contributed by atoms with van der Waals surface area (Å²) in [6, 6.07) is 5.12. The Hall–Kier alpha value is -0.430. The summed E-state index contributed by atoms with van der Waals surface area (Å²) < 4.78 is 27.3. The van der Waals surface area contributed by atoms with E-state index >= 15 is 0 Å². The molecule has 2 N–H and O–H groups in total. The molecule has 0 spiro atoms. The van der Waals surface area contributed by atoms with E-state index in [0.29, 0.717) is 24.5 Å². The van der Waals surface area contributed by atoms with Gasteiger partial charge in [-0.2, -0.15) is 4.31 Å². The fourth-order valence-corrected chi connectivity index (χ4v) is 4.00. The first-order chi connectivity index (χ1) is 8.45. The Morgan fingerprint density at radius 3 is 2.78 bits per heavy atom. The smallest absolute Gasteiger partial charge is 0.243 e. The van der Waals surface area contributed by atoms with Gasteiger partial charge in [0.15, 0.2) is 0 Å². The van der Waals surface area contributed by atoms with E-state index in [1.54, 1.807) is 18.2 Å². The highest BCUT2D eigenvalue weighted by Crippen LogP contribution is 2.26. The normalized spacial score (nSPS) is 21.4. The quantitative estimate of drug-likeness (QED) is 0.916. The highest BCUT2D eigenvalue weighted by atomic mass is 79.9. The van der Waals surface area contributed by atoms with Crippen LogP contribution in [0.25, 0.3) is 0 Å². The summed E-state index contributed by atoms with van der Waals surface area (Å²) in [5, 5.41) is 0. The largest absolute Gasteiger partial charge is 0.330 e. The average Bonchev–Trinajstić information content (AvgIpc) is 2.81. The van der Waals surface area contributed by atoms with Crippen molar-refractivity contribution in [2.24, 2.45) is 11.7 Å². The number of rotatable bonds is 3. The van der Waals surface area contributed by atoms with Crippen LogP contribution in [0.5, 0.6) is 0 Å². The highest BCUT2D eigenvalue weighted by molar-refractivity contribution is 9.10. The maximum absolute atomic E-state index is 12.4. The maximum Gasteiger partial charge on any atom is 0.243 e. The molecule has 1 fully saturated rings. The van der Waals surface area contributed by atoms with Crippen molar-refractivity contribution in [2.45, 2.75) is 18.2 Å². The topological polar surface area (TPSA) is 63.4 Å². The predicted octanol–water partition coefficient (Wildman–Crippen LogP) is 1.73. The zero-order valence-electron chi connectivity index (χ0n) is 10.3. The van der Waals surface area contributed by atoms with Gasteiger partial charge in [0.25, 0.3) is 0 Å². The van der Waals surface area contributed by atoms with Gasteiger partial charge in [-0.1, -0.05) is 15.9 Å². The van der Waals surface area contributed by atoms with Crippen molar-refractivity contribution in [3.63, 3.8) is 0 Å². The van der Waals surface area contributed by atoms with Crippen molar-refractivity contribution in [3.05, 3.63) is 28.2 Å². The lowest BCUT2D eigenvalue weighted by atomic mass is 10.1. The lowest BCUT2D eigenvalue weighted by molar-refractivity contribution is 0.459. The summed E-state index contributed by atoms with van der Waals surface area (Å²) in [4.78, 5) is 0.362. The minimum atomic E-state index is -3.36. The van der Waals surface area contributed by atoms with Gasteiger partial charge in [-0.3, -0.25) is 0 Å². The number of hydrogen-bond donors (Lipinski definition) is 1. The SMILES string of the molecule is Cc1cc(S(=O)(=O)N2CC[C@@H](CN)C2)ccc1Br. The summed E-state index contributed by atoms with van der Waals surface area (Å²) in [7, 11) is -3.36. The molecule has 18 heavy (non-hydrogen) atoms. The molecule has 1 atom stereocenters. The van der Waals surface area contributed by atoms with Gasteiger partial charge in [-0.15, -0.1) is 0 Å². The number of nitrogens with two attached hydrogens (primary N) is 1. The summed E-state index contributed by atoms with van der Waals surface area (Å²) in [6.07, 6.45) is 0.852. The molecule has 0 aromatic heterocycles. The van der Waals surface area contributed by atoms with E-state index in [0.717, 1.165) is 16.5 Å². The Morgan fingerprint density at radius 2 is 2.22 bits per heavy atom. The molecule has 1 aromatic carbocycles. The van der Waals surface area contributed by atoms with Crippen LogP contribution in [0.15, 0.2) is 27.6 Å². The molecule has 4 nitrogen and oxygen atoms in total. The van der Waals surface area contributed by atoms with Gasteiger partial charge in [0.2, 0.25) is 10.0 Å². The number of benzene rings is 1. The summed E-state index contributed by atoms with van der Waals surface area (Å²) in [5.74, 6) is 0.288. The molecule has 0 saturated carbocycles. The fraction of sp³-hybridized carbons (Fsp3) is 0.500. The van der Waals surface area contributed by atoms with Crippen LogP contribution in [-0.4, -0.2) is 32.4 Å². The Bertz CT molecular complexity index is 545. The molecule has 1 aliphatic rings. The third-order valence-corrected chi connectivity index (χ3v) is 6.10. The minimum Gasteiger partial charge on any atom is -0.330 e. The molecule has 1 aromatic rings. The molecule has 0 amide bonds. The van der Waals surface area contributed by atoms with Crippen molar-refractivity contribution in [1.29, 1.82) is 0 Å². The lowest BCUT2D eigenvalue weighted by Crippen LogP contribution is -2.30. The van der Waals surface area contributed by atoms with Gasteiger partial charge >= 0.3 is 0 Å². The van der Waals surface area contributed by atoms with Crippen molar-refractivity contribution < 1.29 is 8.42 Å². The molecule has 6 heteroatoms. The number of aryl methyl sites for hydroxylation is 1. The summed E-state index contributed by atoms with van der Waals surface area (Å²) in [6.45, 7) is 3.54. The van der Waals surface area contributed by atoms with Crippen LogP contribution in [0, 0.1) is 12.8 Å². The first-order valence-electron chi connectivity index (χ1n) is 5.91. The standard InChI is InChI=1S/C12H17BrN2O2S/c1-9-6-11(2-3-12(9)13)18(16,17)15-5-4-10(7-14)8-15/h2-3,6,10H,4-5,7-8,14H2,1H3/t10-/m0/s1. The molecule has 0 bridgehead atoms. The van der Waals surface area contributed by atoms with Crippen LogP contribution in [-0.2, 0) is 10.0 Å². The summed E-state index contributed by atoms with van der Waals surface area (Å²) >= 11 is 3.38. The highest BCUT2D eigenvalue weighted by Gasteiger charge is 2.31. The Balaban J connectivity index is 2.28. The third kappa shape index (κ3) is 2.61. The maximum atomic E-state index is 12.4. The fourth-order valence-electron chi connectivity index (χ4n) is 2.13. The monoisotopic (exact) mass is 332 g/mol. The first-order valence-corrected chi connectivity index (χ1v) is 8.15. The van der Waals surface area contributed by atoms with Crippen molar-refractivity contribution >= 4 is 26.0 Å². The minimum absolute atomic E-state index is 0.288. The van der Waals surface area contributed by atoms with E-state index in [1.807, 2.05) is 6.92 Å². The Morgan fingerprint density at radius 1 is 1.50 bits per heavy atom. The molecular weight excluding hydrogens is 316 g/mol. The van der Waals surface area contributed by atoms with Crippen LogP contribution >= 0.6 is 15.9 Å². The number of halogens is 1. The zero-order chi connectivity index (χ0) is 13.3. The first kappa shape index (κ1) is 14.0. The zero-order valence-corrected chi connectivity index (χ0v) is 12.7. The van der Waals surface area contributed by atoms with Gasteiger partial charge in [0.1, 0.15) is 0 Å². The van der Waals surface area contributed by atoms with E-state index < -0.39 is 10.0 Å². The van der Waals surface area contributed by atoms with Gasteiger partial charge < -0.3 is 5.73 Å². The molecule has 100 valence electrons. The van der Waals surface area contributed by atoms with Gasteiger partial charge in [0.05, 0.1) is 4.90 Å². The second kappa shape index (κ2) is 5.28. The van der Waals surface area contributed by atoms with E-state index in [-0.39, 0.29) is 5.92 Å². The van der Waals surface area contributed by atoms with Crippen LogP contribution in [0.3, 0.4) is 0 Å². The van der Waals surface area contributed by atoms with Crippen LogP contribution < -0.4 is 5.73 Å². The number of sulfonamides is 1. The molecule has 0 unspecified atom stereocenters. The van der Waals surface area contributed by atoms with E-state index in [4.69, 9.17) is 5.73 Å². The molecule has 0 aliphatic carbocycles. The molecule has 2 rings (SSSR count). The van der Waals surface area contributed by atoms with Gasteiger partial charge in [0, 0.05) is 17.6 Å². The van der Waals surface area contributed by atoms with E-state index in [1.165, 1.54) is 4.31 Å². The van der Waals surface area contributed by atoms with Crippen LogP contribution in [0.1, 0.15) is 12.0 Å². The van der Waals surface area contributed by atoms with E-state index in [9.17, 15) is 8.42 Å². The molecule has 1 saturated heterocycles. The summed E-state index contributed by atoms with van der Waals surface area (Å²) in [5.41, 5.74) is 6.52. The van der Waals surface area contributed by atoms with Crippen molar-refractivity contribution in [1.82, 2.24) is 4.31 Å². The van der Waals surface area contributed by atoms with Gasteiger partial charge in [-0.05, 0) is 49.6 Å². The predicted molar refractivity (Wildman–Crippen MR) is 74.8 cm³/mol. The average molecular weight is 333 g/mol. The van der Waals surface area contributed by atoms with Crippen molar-refractivity contribution in [3.8, 4) is 0 Å².